The molecule has 134 valence electrons. The number of benzene rings is 1. The second kappa shape index (κ2) is 9.23. The van der Waals surface area contributed by atoms with Gasteiger partial charge in [0.05, 0.1) is 18.8 Å². The number of amides is 1. The number of aromatic nitrogens is 3. The topological polar surface area (TPSA) is 89.0 Å². The van der Waals surface area contributed by atoms with Crippen molar-refractivity contribution in [2.45, 2.75) is 6.61 Å². The molecule has 7 nitrogen and oxygen atoms in total. The largest absolute Gasteiger partial charge is 0.375 e. The maximum absolute atomic E-state index is 12.0. The molecular formula is C17H16ClN5O2S. The number of hydrogen-bond acceptors (Lipinski definition) is 7. The van der Waals surface area contributed by atoms with E-state index < -0.39 is 0 Å². The molecule has 0 aliphatic rings. The number of anilines is 2. The summed E-state index contributed by atoms with van der Waals surface area (Å²) in [4.78, 5) is 16.2. The van der Waals surface area contributed by atoms with Gasteiger partial charge < -0.3 is 10.1 Å². The highest BCUT2D eigenvalue weighted by molar-refractivity contribution is 7.13. The van der Waals surface area contributed by atoms with Crippen LogP contribution >= 0.6 is 22.9 Å². The van der Waals surface area contributed by atoms with Crippen LogP contribution in [0.3, 0.4) is 0 Å². The third kappa shape index (κ3) is 5.48. The molecule has 1 aromatic carbocycles. The fourth-order valence-electron chi connectivity index (χ4n) is 2.05. The number of hydrogen-bond donors (Lipinski definition) is 2. The van der Waals surface area contributed by atoms with E-state index in [0.717, 1.165) is 5.56 Å². The summed E-state index contributed by atoms with van der Waals surface area (Å²) in [5.41, 5.74) is 3.07. The Balaban J connectivity index is 1.38. The average Bonchev–Trinajstić information content (AvgIpc) is 3.16. The van der Waals surface area contributed by atoms with Crippen molar-refractivity contribution in [3.8, 4) is 0 Å². The molecule has 3 rings (SSSR count). The molecule has 26 heavy (non-hydrogen) atoms. The first-order chi connectivity index (χ1) is 12.7. The lowest BCUT2D eigenvalue weighted by atomic mass is 10.2. The van der Waals surface area contributed by atoms with Crippen molar-refractivity contribution in [3.63, 3.8) is 0 Å². The smallest absolute Gasteiger partial charge is 0.259 e. The first-order valence-electron chi connectivity index (χ1n) is 7.80. The van der Waals surface area contributed by atoms with Gasteiger partial charge in [-0.3, -0.25) is 10.1 Å². The predicted octanol–water partition coefficient (Wildman–Crippen LogP) is 3.47. The number of halogens is 1. The van der Waals surface area contributed by atoms with E-state index in [2.05, 4.69) is 25.8 Å². The van der Waals surface area contributed by atoms with Gasteiger partial charge in [-0.1, -0.05) is 35.1 Å². The van der Waals surface area contributed by atoms with E-state index in [-0.39, 0.29) is 5.91 Å². The Kier molecular flexibility index (Phi) is 6.48. The van der Waals surface area contributed by atoms with Crippen molar-refractivity contribution in [3.05, 3.63) is 64.3 Å². The quantitative estimate of drug-likeness (QED) is 0.573. The van der Waals surface area contributed by atoms with Gasteiger partial charge in [-0.15, -0.1) is 10.2 Å². The molecule has 9 heteroatoms. The number of carbonyl (C=O) groups is 1. The molecule has 0 fully saturated rings. The van der Waals surface area contributed by atoms with Gasteiger partial charge >= 0.3 is 0 Å². The summed E-state index contributed by atoms with van der Waals surface area (Å²) in [6.45, 7) is 1.66. The Hall–Kier alpha value is -2.55. The molecule has 0 aliphatic carbocycles. The summed E-state index contributed by atoms with van der Waals surface area (Å²) in [7, 11) is 0. The minimum atomic E-state index is -0.271. The number of carbonyl (C=O) groups excluding carboxylic acids is 1. The molecule has 1 amide bonds. The van der Waals surface area contributed by atoms with Crippen LogP contribution < -0.4 is 10.6 Å². The van der Waals surface area contributed by atoms with E-state index in [1.165, 1.54) is 17.5 Å². The minimum Gasteiger partial charge on any atom is -0.375 e. The van der Waals surface area contributed by atoms with Gasteiger partial charge in [0.1, 0.15) is 11.3 Å². The molecule has 2 N–H and O–H groups in total. The summed E-state index contributed by atoms with van der Waals surface area (Å²) in [5, 5.41) is 14.4. The first-order valence-corrected chi connectivity index (χ1v) is 9.06. The van der Waals surface area contributed by atoms with Crippen molar-refractivity contribution < 1.29 is 9.53 Å². The van der Waals surface area contributed by atoms with Crippen LogP contribution in [0, 0.1) is 0 Å². The van der Waals surface area contributed by atoms with Crippen molar-refractivity contribution >= 4 is 39.8 Å². The Morgan fingerprint density at radius 1 is 1.19 bits per heavy atom. The SMILES string of the molecule is O=C(Nc1nncs1)c1ccc(NCCOCc2ccc(Cl)cc2)nc1. The van der Waals surface area contributed by atoms with Crippen molar-refractivity contribution in [2.75, 3.05) is 23.8 Å². The van der Waals surface area contributed by atoms with Crippen molar-refractivity contribution in [1.29, 1.82) is 0 Å². The molecule has 3 aromatic rings. The molecule has 2 heterocycles. The lowest BCUT2D eigenvalue weighted by molar-refractivity contribution is 0.102. The zero-order chi connectivity index (χ0) is 18.2. The molecular weight excluding hydrogens is 374 g/mol. The normalized spacial score (nSPS) is 10.5. The minimum absolute atomic E-state index is 0.271. The average molecular weight is 390 g/mol. The van der Waals surface area contributed by atoms with Gasteiger partial charge in [0.15, 0.2) is 0 Å². The van der Waals surface area contributed by atoms with Crippen LogP contribution in [0.2, 0.25) is 5.02 Å². The van der Waals surface area contributed by atoms with Crippen LogP contribution in [-0.2, 0) is 11.3 Å². The van der Waals surface area contributed by atoms with E-state index in [1.54, 1.807) is 17.6 Å². The number of pyridine rings is 1. The summed E-state index contributed by atoms with van der Waals surface area (Å²) < 4.78 is 5.59. The second-order valence-electron chi connectivity index (χ2n) is 5.24. The van der Waals surface area contributed by atoms with Crippen LogP contribution in [0.5, 0.6) is 0 Å². The van der Waals surface area contributed by atoms with Gasteiger partial charge in [-0.05, 0) is 29.8 Å². The van der Waals surface area contributed by atoms with Crippen molar-refractivity contribution in [2.24, 2.45) is 0 Å². The van der Waals surface area contributed by atoms with Gasteiger partial charge in [-0.25, -0.2) is 4.98 Å². The standard InChI is InChI=1S/C17H16ClN5O2S/c18-14-4-1-12(2-5-14)10-25-8-7-19-15-6-3-13(9-20-15)16(24)22-17-23-21-11-26-17/h1-6,9,11H,7-8,10H2,(H,19,20)(H,22,23,24). The van der Waals surface area contributed by atoms with Gasteiger partial charge in [0.25, 0.3) is 5.91 Å². The molecule has 0 unspecified atom stereocenters. The van der Waals surface area contributed by atoms with Crippen LogP contribution in [0.1, 0.15) is 15.9 Å². The number of rotatable bonds is 8. The van der Waals surface area contributed by atoms with Gasteiger partial charge in [-0.2, -0.15) is 0 Å². The molecule has 0 aliphatic heterocycles. The number of nitrogens with zero attached hydrogens (tertiary/aromatic N) is 3. The Bertz CT molecular complexity index is 825. The fourth-order valence-corrected chi connectivity index (χ4v) is 2.62. The second-order valence-corrected chi connectivity index (χ2v) is 6.51. The maximum Gasteiger partial charge on any atom is 0.259 e. The molecule has 0 saturated carbocycles. The number of ether oxygens (including phenoxy) is 1. The highest BCUT2D eigenvalue weighted by atomic mass is 35.5. The third-order valence-electron chi connectivity index (χ3n) is 3.34. The van der Waals surface area contributed by atoms with Gasteiger partial charge in [0, 0.05) is 17.8 Å². The van der Waals surface area contributed by atoms with Crippen molar-refractivity contribution in [1.82, 2.24) is 15.2 Å². The summed E-state index contributed by atoms with van der Waals surface area (Å²) >= 11 is 7.10. The molecule has 2 aromatic heterocycles. The highest BCUT2D eigenvalue weighted by Crippen LogP contribution is 2.12. The Labute approximate surface area is 159 Å². The first kappa shape index (κ1) is 18.2. The highest BCUT2D eigenvalue weighted by Gasteiger charge is 2.08. The molecule has 0 bridgehead atoms. The predicted molar refractivity (Wildman–Crippen MR) is 102 cm³/mol. The van der Waals surface area contributed by atoms with Crippen LogP contribution in [-0.4, -0.2) is 34.2 Å². The molecule has 0 saturated heterocycles. The lowest BCUT2D eigenvalue weighted by Gasteiger charge is -2.08. The maximum atomic E-state index is 12.0. The molecule has 0 radical (unpaired) electrons. The zero-order valence-corrected chi connectivity index (χ0v) is 15.3. The molecule has 0 spiro atoms. The molecule has 0 atom stereocenters. The van der Waals surface area contributed by atoms with Crippen LogP contribution in [0.25, 0.3) is 0 Å². The van der Waals surface area contributed by atoms with E-state index in [4.69, 9.17) is 16.3 Å². The van der Waals surface area contributed by atoms with E-state index >= 15 is 0 Å². The van der Waals surface area contributed by atoms with Crippen LogP contribution in [0.15, 0.2) is 48.1 Å². The lowest BCUT2D eigenvalue weighted by Crippen LogP contribution is -2.13. The number of nitrogens with one attached hydrogen (secondary N) is 2. The Morgan fingerprint density at radius 3 is 2.73 bits per heavy atom. The fraction of sp³-hybridized carbons (Fsp3) is 0.176. The summed E-state index contributed by atoms with van der Waals surface area (Å²) in [6, 6.07) is 11.0. The zero-order valence-electron chi connectivity index (χ0n) is 13.7. The Morgan fingerprint density at radius 2 is 2.04 bits per heavy atom. The van der Waals surface area contributed by atoms with E-state index in [0.29, 0.717) is 41.3 Å². The van der Waals surface area contributed by atoms with Gasteiger partial charge in [0.2, 0.25) is 5.13 Å². The summed E-state index contributed by atoms with van der Waals surface area (Å²) in [5.74, 6) is 0.402. The van der Waals surface area contributed by atoms with E-state index in [9.17, 15) is 4.79 Å². The summed E-state index contributed by atoms with van der Waals surface area (Å²) in [6.07, 6.45) is 1.51. The van der Waals surface area contributed by atoms with Crippen LogP contribution in [0.4, 0.5) is 10.9 Å². The monoisotopic (exact) mass is 389 g/mol. The van der Waals surface area contributed by atoms with E-state index in [1.807, 2.05) is 24.3 Å². The third-order valence-corrected chi connectivity index (χ3v) is 4.20.